The molecule has 0 saturated heterocycles. The average molecular weight is 553 g/mol. The molecular weight excluding hydrogens is 516 g/mol. The van der Waals surface area contributed by atoms with Crippen LogP contribution in [0.25, 0.3) is 0 Å². The van der Waals surface area contributed by atoms with Crippen molar-refractivity contribution in [1.82, 2.24) is 5.32 Å². The number of nitrogens with one attached hydrogen (secondary N) is 1. The summed E-state index contributed by atoms with van der Waals surface area (Å²) in [5, 5.41) is 3.12. The van der Waals surface area contributed by atoms with Crippen LogP contribution in [0.15, 0.2) is 119 Å². The van der Waals surface area contributed by atoms with Crippen molar-refractivity contribution < 1.29 is 14.3 Å². The van der Waals surface area contributed by atoms with E-state index in [0.29, 0.717) is 25.3 Å². The lowest BCUT2D eigenvalue weighted by Crippen LogP contribution is -2.41. The van der Waals surface area contributed by atoms with E-state index in [1.165, 1.54) is 11.1 Å². The molecule has 0 fully saturated rings. The van der Waals surface area contributed by atoms with E-state index in [1.807, 2.05) is 90.7 Å². The summed E-state index contributed by atoms with van der Waals surface area (Å²) in [5.41, 5.74) is 3.30. The lowest BCUT2D eigenvalue weighted by Gasteiger charge is -2.24. The second-order valence-electron chi connectivity index (χ2n) is 9.51. The van der Waals surface area contributed by atoms with Crippen molar-refractivity contribution in [2.24, 2.45) is 0 Å². The van der Waals surface area contributed by atoms with E-state index >= 15 is 0 Å². The maximum Gasteiger partial charge on any atom is 0.321 e. The highest BCUT2D eigenvalue weighted by Gasteiger charge is 2.16. The first kappa shape index (κ1) is 29.0. The molecule has 0 radical (unpaired) electrons. The predicted molar refractivity (Wildman–Crippen MR) is 163 cm³/mol. The fourth-order valence-corrected chi connectivity index (χ4v) is 5.25. The van der Waals surface area contributed by atoms with Crippen molar-refractivity contribution in [3.8, 4) is 5.75 Å². The number of amides is 2. The topological polar surface area (TPSA) is 58.6 Å². The molecule has 1 N–H and O–H groups in total. The number of hydrogen-bond donors (Lipinski definition) is 1. The van der Waals surface area contributed by atoms with Crippen LogP contribution in [0.5, 0.6) is 5.75 Å². The van der Waals surface area contributed by atoms with E-state index in [4.69, 9.17) is 4.74 Å². The third-order valence-corrected chi connectivity index (χ3v) is 7.30. The Hall–Kier alpha value is -4.03. The van der Waals surface area contributed by atoms with E-state index in [0.717, 1.165) is 41.2 Å². The zero-order valence-corrected chi connectivity index (χ0v) is 23.7. The normalized spacial score (nSPS) is 10.6. The Balaban J connectivity index is 1.45. The molecule has 6 heteroatoms. The average Bonchev–Trinajstić information content (AvgIpc) is 2.97. The van der Waals surface area contributed by atoms with Gasteiger partial charge in [0.25, 0.3) is 0 Å². The molecule has 0 aliphatic carbocycles. The van der Waals surface area contributed by atoms with Gasteiger partial charge in [0.1, 0.15) is 5.75 Å². The first-order chi connectivity index (χ1) is 19.6. The second kappa shape index (κ2) is 15.5. The number of urea groups is 1. The Labute approximate surface area is 241 Å². The van der Waals surface area contributed by atoms with Crippen molar-refractivity contribution in [1.29, 1.82) is 0 Å². The molecule has 4 aromatic carbocycles. The molecule has 0 aliphatic heterocycles. The lowest BCUT2D eigenvalue weighted by atomic mass is 10.1. The number of carbonyl (C=O) groups excluding carboxylic acids is 2. The van der Waals surface area contributed by atoms with Gasteiger partial charge in [0, 0.05) is 35.0 Å². The predicted octanol–water partition coefficient (Wildman–Crippen LogP) is 7.93. The van der Waals surface area contributed by atoms with Crippen LogP contribution in [0.2, 0.25) is 0 Å². The van der Waals surface area contributed by atoms with Gasteiger partial charge >= 0.3 is 12.0 Å². The zero-order valence-electron chi connectivity index (χ0n) is 22.9. The minimum absolute atomic E-state index is 0.101. The Morgan fingerprint density at radius 3 is 2.12 bits per heavy atom. The summed E-state index contributed by atoms with van der Waals surface area (Å²) in [7, 11) is 0. The van der Waals surface area contributed by atoms with Crippen LogP contribution in [0, 0.1) is 0 Å². The number of benzene rings is 4. The third kappa shape index (κ3) is 9.31. The molecule has 40 heavy (non-hydrogen) atoms. The van der Waals surface area contributed by atoms with Crippen LogP contribution in [0.4, 0.5) is 10.5 Å². The van der Waals surface area contributed by atoms with Crippen molar-refractivity contribution in [2.45, 2.75) is 48.8 Å². The minimum atomic E-state index is -0.226. The number of nitrogens with zero attached hydrogens (tertiary/aromatic N) is 1. The van der Waals surface area contributed by atoms with E-state index in [2.05, 4.69) is 29.6 Å². The largest absolute Gasteiger partial charge is 0.426 e. The molecule has 0 aromatic heterocycles. The number of hydrogen-bond acceptors (Lipinski definition) is 4. The van der Waals surface area contributed by atoms with Gasteiger partial charge in [0.2, 0.25) is 0 Å². The highest BCUT2D eigenvalue weighted by molar-refractivity contribution is 7.99. The molecule has 0 spiro atoms. The van der Waals surface area contributed by atoms with Crippen LogP contribution in [0.1, 0.15) is 37.3 Å². The van der Waals surface area contributed by atoms with Crippen molar-refractivity contribution in [3.05, 3.63) is 120 Å². The summed E-state index contributed by atoms with van der Waals surface area (Å²) in [4.78, 5) is 29.1. The van der Waals surface area contributed by atoms with Gasteiger partial charge in [-0.1, -0.05) is 91.5 Å². The van der Waals surface area contributed by atoms with Gasteiger partial charge in [0.05, 0.1) is 0 Å². The molecule has 4 aromatic rings. The number of ether oxygens (including phenoxy) is 1. The third-order valence-electron chi connectivity index (χ3n) is 6.32. The Morgan fingerprint density at radius 2 is 1.43 bits per heavy atom. The molecule has 0 heterocycles. The lowest BCUT2D eigenvalue weighted by molar-refractivity contribution is -0.134. The summed E-state index contributed by atoms with van der Waals surface area (Å²) in [6.45, 7) is 3.12. The molecule has 0 unspecified atom stereocenters. The van der Waals surface area contributed by atoms with E-state index in [-0.39, 0.29) is 12.0 Å². The van der Waals surface area contributed by atoms with Crippen molar-refractivity contribution in [3.63, 3.8) is 0 Å². The smallest absolute Gasteiger partial charge is 0.321 e. The number of esters is 1. The maximum atomic E-state index is 13.4. The molecule has 4 rings (SSSR count). The Bertz CT molecular complexity index is 1360. The van der Waals surface area contributed by atoms with E-state index in [9.17, 15) is 9.59 Å². The minimum Gasteiger partial charge on any atom is -0.426 e. The van der Waals surface area contributed by atoms with Gasteiger partial charge in [0.15, 0.2) is 0 Å². The zero-order chi connectivity index (χ0) is 28.0. The number of rotatable bonds is 13. The maximum absolute atomic E-state index is 13.4. The van der Waals surface area contributed by atoms with Crippen molar-refractivity contribution >= 4 is 29.4 Å². The number of carbonyl (C=O) groups is 2. The van der Waals surface area contributed by atoms with Crippen LogP contribution < -0.4 is 15.0 Å². The summed E-state index contributed by atoms with van der Waals surface area (Å²) >= 11 is 1.57. The summed E-state index contributed by atoms with van der Waals surface area (Å²) in [6.07, 6.45) is 3.67. The summed E-state index contributed by atoms with van der Waals surface area (Å²) in [5.74, 6) is 0.316. The first-order valence-electron chi connectivity index (χ1n) is 13.8. The van der Waals surface area contributed by atoms with Crippen LogP contribution >= 0.6 is 11.8 Å². The molecule has 0 aliphatic rings. The van der Waals surface area contributed by atoms with Crippen LogP contribution in [-0.4, -0.2) is 25.1 Å². The van der Waals surface area contributed by atoms with Gasteiger partial charge in [-0.25, -0.2) is 4.79 Å². The van der Waals surface area contributed by atoms with E-state index in [1.54, 1.807) is 17.8 Å². The van der Waals surface area contributed by atoms with Crippen LogP contribution in [-0.2, 0) is 17.6 Å². The molecule has 2 amide bonds. The van der Waals surface area contributed by atoms with Crippen molar-refractivity contribution in [2.75, 3.05) is 18.0 Å². The van der Waals surface area contributed by atoms with Gasteiger partial charge in [-0.05, 0) is 73.2 Å². The molecule has 5 nitrogen and oxygen atoms in total. The Kier molecular flexibility index (Phi) is 11.2. The molecule has 0 atom stereocenters. The van der Waals surface area contributed by atoms with Gasteiger partial charge in [-0.3, -0.25) is 9.69 Å². The quantitative estimate of drug-likeness (QED) is 0.135. The molecule has 0 saturated carbocycles. The summed E-state index contributed by atoms with van der Waals surface area (Å²) < 4.78 is 5.46. The van der Waals surface area contributed by atoms with Crippen LogP contribution in [0.3, 0.4) is 0 Å². The molecular formula is C34H36N2O3S. The molecule has 206 valence electrons. The van der Waals surface area contributed by atoms with Gasteiger partial charge in [-0.15, -0.1) is 0 Å². The summed E-state index contributed by atoms with van der Waals surface area (Å²) in [6, 6.07) is 36.0. The van der Waals surface area contributed by atoms with Gasteiger partial charge in [-0.2, -0.15) is 0 Å². The SMILES string of the molecule is CCCC(=O)Oc1cccc(Sc2cccc(N(CCCc3ccccc3)C(=O)NCCc3ccccc3)c2)c1. The first-order valence-corrected chi connectivity index (χ1v) is 14.6. The fraction of sp³-hybridized carbons (Fsp3) is 0.235. The van der Waals surface area contributed by atoms with Gasteiger partial charge < -0.3 is 10.1 Å². The Morgan fingerprint density at radius 1 is 0.775 bits per heavy atom. The van der Waals surface area contributed by atoms with E-state index < -0.39 is 0 Å². The monoisotopic (exact) mass is 552 g/mol. The highest BCUT2D eigenvalue weighted by Crippen LogP contribution is 2.32. The number of aryl methyl sites for hydroxylation is 1. The standard InChI is InChI=1S/C34H36N2O3S/c1-2-12-33(37)39-30-19-10-21-32(26-30)40-31-20-9-18-29(25-31)36(24-11-17-27-13-5-3-6-14-27)34(38)35-23-22-28-15-7-4-8-16-28/h3-10,13-16,18-21,25-26H,2,11-12,17,22-24H2,1H3,(H,35,38). The number of anilines is 1. The molecule has 0 bridgehead atoms. The highest BCUT2D eigenvalue weighted by atomic mass is 32.2. The fourth-order valence-electron chi connectivity index (χ4n) is 4.33. The second-order valence-corrected chi connectivity index (χ2v) is 10.7.